The van der Waals surface area contributed by atoms with Gasteiger partial charge in [-0.25, -0.2) is 9.78 Å². The van der Waals surface area contributed by atoms with Crippen LogP contribution >= 0.6 is 11.3 Å². The van der Waals surface area contributed by atoms with Crippen LogP contribution in [-0.2, 0) is 11.3 Å². The Balaban J connectivity index is 1.60. The summed E-state index contributed by atoms with van der Waals surface area (Å²) in [6.07, 6.45) is 1.49. The van der Waals surface area contributed by atoms with Gasteiger partial charge >= 0.3 is 5.97 Å². The molecule has 2 aromatic carbocycles. The summed E-state index contributed by atoms with van der Waals surface area (Å²) in [5, 5.41) is 3.40. The second-order valence-electron chi connectivity index (χ2n) is 8.10. The van der Waals surface area contributed by atoms with Crippen LogP contribution in [0.1, 0.15) is 49.2 Å². The van der Waals surface area contributed by atoms with Gasteiger partial charge in [0.15, 0.2) is 0 Å². The van der Waals surface area contributed by atoms with E-state index in [4.69, 9.17) is 4.74 Å². The maximum absolute atomic E-state index is 13.2. The van der Waals surface area contributed by atoms with Crippen LogP contribution in [0.15, 0.2) is 53.6 Å². The van der Waals surface area contributed by atoms with Crippen molar-refractivity contribution < 1.29 is 14.3 Å². The van der Waals surface area contributed by atoms with Crippen LogP contribution in [0.4, 0.5) is 5.69 Å². The zero-order valence-corrected chi connectivity index (χ0v) is 20.3. The molecular weight excluding hydrogens is 450 g/mol. The molecule has 34 heavy (non-hydrogen) atoms. The molecule has 0 saturated heterocycles. The number of hydrogen-bond acceptors (Lipinski definition) is 6. The highest BCUT2D eigenvalue weighted by atomic mass is 32.1. The van der Waals surface area contributed by atoms with Crippen molar-refractivity contribution in [2.45, 2.75) is 34.2 Å². The molecule has 0 atom stereocenters. The predicted octanol–water partition coefficient (Wildman–Crippen LogP) is 4.86. The zero-order chi connectivity index (χ0) is 24.4. The third kappa shape index (κ3) is 4.63. The Bertz CT molecular complexity index is 1450. The molecule has 0 aliphatic rings. The molecule has 0 unspecified atom stereocenters. The molecule has 2 heterocycles. The molecule has 0 aliphatic carbocycles. The normalized spacial score (nSPS) is 10.9. The van der Waals surface area contributed by atoms with Crippen LogP contribution in [-0.4, -0.2) is 28.0 Å². The third-order valence-corrected chi connectivity index (χ3v) is 6.77. The molecular formula is C26H25N3O4S. The van der Waals surface area contributed by atoms with Gasteiger partial charge in [0.2, 0.25) is 0 Å². The van der Waals surface area contributed by atoms with Crippen LogP contribution in [0.25, 0.3) is 10.2 Å². The Hall–Kier alpha value is -3.78. The number of ether oxygens (including phenoxy) is 1. The van der Waals surface area contributed by atoms with Gasteiger partial charge < -0.3 is 10.1 Å². The van der Waals surface area contributed by atoms with Crippen LogP contribution in [0, 0.1) is 20.8 Å². The number of aryl methyl sites for hydroxylation is 3. The Morgan fingerprint density at radius 1 is 1.09 bits per heavy atom. The number of carbonyl (C=O) groups excluding carboxylic acids is 2. The molecule has 0 fully saturated rings. The summed E-state index contributed by atoms with van der Waals surface area (Å²) in [4.78, 5) is 43.5. The molecule has 174 valence electrons. The first kappa shape index (κ1) is 23.4. The lowest BCUT2D eigenvalue weighted by Crippen LogP contribution is -2.21. The number of amides is 1. The van der Waals surface area contributed by atoms with Crippen molar-refractivity contribution >= 4 is 39.1 Å². The van der Waals surface area contributed by atoms with Gasteiger partial charge in [-0.1, -0.05) is 29.8 Å². The third-order valence-electron chi connectivity index (χ3n) is 5.57. The van der Waals surface area contributed by atoms with E-state index in [1.807, 2.05) is 32.0 Å². The molecule has 1 amide bonds. The number of esters is 1. The number of rotatable bonds is 6. The molecule has 0 radical (unpaired) electrons. The molecule has 0 aliphatic heterocycles. The SMILES string of the molecule is CCOC(=O)c1ccc(Cn2cnc3sc(C(=O)Nc4ccc(C)cc4C)c(C)c3c2=O)cc1. The first-order valence-corrected chi connectivity index (χ1v) is 11.7. The molecule has 0 saturated carbocycles. The number of thiophene rings is 1. The molecule has 4 rings (SSSR count). The van der Waals surface area contributed by atoms with Crippen molar-refractivity contribution in [3.63, 3.8) is 0 Å². The van der Waals surface area contributed by atoms with E-state index in [2.05, 4.69) is 10.3 Å². The zero-order valence-electron chi connectivity index (χ0n) is 19.5. The lowest BCUT2D eigenvalue weighted by atomic mass is 10.1. The monoisotopic (exact) mass is 475 g/mol. The number of benzene rings is 2. The number of nitrogens with zero attached hydrogens (tertiary/aromatic N) is 2. The maximum Gasteiger partial charge on any atom is 0.338 e. The van der Waals surface area contributed by atoms with Crippen molar-refractivity contribution in [1.29, 1.82) is 0 Å². The van der Waals surface area contributed by atoms with Crippen molar-refractivity contribution in [3.05, 3.63) is 91.8 Å². The Kier molecular flexibility index (Phi) is 6.61. The van der Waals surface area contributed by atoms with Crippen LogP contribution in [0.2, 0.25) is 0 Å². The summed E-state index contributed by atoms with van der Waals surface area (Å²) in [6.45, 7) is 8.08. The summed E-state index contributed by atoms with van der Waals surface area (Å²) in [5.74, 6) is -0.636. The fraction of sp³-hybridized carbons (Fsp3) is 0.231. The molecule has 0 bridgehead atoms. The Morgan fingerprint density at radius 3 is 2.50 bits per heavy atom. The Morgan fingerprint density at radius 2 is 1.82 bits per heavy atom. The summed E-state index contributed by atoms with van der Waals surface area (Å²) in [5.41, 5.74) is 4.54. The van der Waals surface area contributed by atoms with Gasteiger partial charge in [0.25, 0.3) is 11.5 Å². The number of nitrogens with one attached hydrogen (secondary N) is 1. The Labute approximate surface area is 201 Å². The highest BCUT2D eigenvalue weighted by molar-refractivity contribution is 7.20. The van der Waals surface area contributed by atoms with Crippen molar-refractivity contribution in [2.75, 3.05) is 11.9 Å². The van der Waals surface area contributed by atoms with E-state index >= 15 is 0 Å². The highest BCUT2D eigenvalue weighted by Crippen LogP contribution is 2.28. The molecule has 8 heteroatoms. The van der Waals surface area contributed by atoms with E-state index in [-0.39, 0.29) is 17.4 Å². The molecule has 7 nitrogen and oxygen atoms in total. The number of anilines is 1. The average molecular weight is 476 g/mol. The second kappa shape index (κ2) is 9.61. The van der Waals surface area contributed by atoms with E-state index in [9.17, 15) is 14.4 Å². The smallest absolute Gasteiger partial charge is 0.338 e. The van der Waals surface area contributed by atoms with Crippen molar-refractivity contribution in [1.82, 2.24) is 9.55 Å². The average Bonchev–Trinajstić information content (AvgIpc) is 3.15. The molecule has 4 aromatic rings. The first-order chi connectivity index (χ1) is 16.3. The van der Waals surface area contributed by atoms with Gasteiger partial charge in [0.1, 0.15) is 4.83 Å². The van der Waals surface area contributed by atoms with Crippen molar-refractivity contribution in [2.24, 2.45) is 0 Å². The number of hydrogen-bond donors (Lipinski definition) is 1. The largest absolute Gasteiger partial charge is 0.462 e. The van der Waals surface area contributed by atoms with E-state index < -0.39 is 0 Å². The molecule has 0 spiro atoms. The standard InChI is InChI=1S/C26H25N3O4S/c1-5-33-26(32)19-9-7-18(8-10-19)13-29-14-27-24-21(25(29)31)17(4)22(34-24)23(30)28-20-11-6-15(2)12-16(20)3/h6-12,14H,5,13H2,1-4H3,(H,28,30). The quantitative estimate of drug-likeness (QED) is 0.402. The van der Waals surface area contributed by atoms with Gasteiger partial charge in [-0.2, -0.15) is 0 Å². The van der Waals surface area contributed by atoms with Crippen LogP contribution in [0.3, 0.4) is 0 Å². The summed E-state index contributed by atoms with van der Waals surface area (Å²) < 4.78 is 6.51. The summed E-state index contributed by atoms with van der Waals surface area (Å²) in [7, 11) is 0. The lowest BCUT2D eigenvalue weighted by molar-refractivity contribution is 0.0526. The number of carbonyl (C=O) groups is 2. The van der Waals surface area contributed by atoms with E-state index in [1.165, 1.54) is 22.2 Å². The van der Waals surface area contributed by atoms with Gasteiger partial charge in [0.05, 0.1) is 35.3 Å². The van der Waals surface area contributed by atoms with E-state index in [0.717, 1.165) is 22.4 Å². The highest BCUT2D eigenvalue weighted by Gasteiger charge is 2.20. The molecule has 2 aromatic heterocycles. The second-order valence-corrected chi connectivity index (χ2v) is 9.10. The first-order valence-electron chi connectivity index (χ1n) is 10.9. The maximum atomic E-state index is 13.2. The predicted molar refractivity (Wildman–Crippen MR) is 134 cm³/mol. The fourth-order valence-corrected chi connectivity index (χ4v) is 4.81. The van der Waals surface area contributed by atoms with Gasteiger partial charge in [0, 0.05) is 5.69 Å². The minimum Gasteiger partial charge on any atom is -0.462 e. The fourth-order valence-electron chi connectivity index (χ4n) is 3.78. The van der Waals surface area contributed by atoms with Gasteiger partial charge in [-0.15, -0.1) is 11.3 Å². The van der Waals surface area contributed by atoms with Crippen molar-refractivity contribution in [3.8, 4) is 0 Å². The van der Waals surface area contributed by atoms with Gasteiger partial charge in [-0.3, -0.25) is 14.2 Å². The number of fused-ring (bicyclic) bond motifs is 1. The van der Waals surface area contributed by atoms with Crippen LogP contribution in [0.5, 0.6) is 0 Å². The van der Waals surface area contributed by atoms with Crippen LogP contribution < -0.4 is 10.9 Å². The summed E-state index contributed by atoms with van der Waals surface area (Å²) >= 11 is 1.21. The minimum absolute atomic E-state index is 0.209. The topological polar surface area (TPSA) is 90.3 Å². The van der Waals surface area contributed by atoms with E-state index in [0.29, 0.717) is 39.4 Å². The van der Waals surface area contributed by atoms with Gasteiger partial charge in [-0.05, 0) is 62.6 Å². The minimum atomic E-state index is -0.380. The van der Waals surface area contributed by atoms with E-state index in [1.54, 1.807) is 38.1 Å². The number of aromatic nitrogens is 2. The summed E-state index contributed by atoms with van der Waals surface area (Å²) in [6, 6.07) is 12.8. The molecule has 1 N–H and O–H groups in total. The lowest BCUT2D eigenvalue weighted by Gasteiger charge is -2.08.